The zero-order valence-electron chi connectivity index (χ0n) is 12.5. The van der Waals surface area contributed by atoms with Crippen molar-refractivity contribution in [3.63, 3.8) is 0 Å². The van der Waals surface area contributed by atoms with E-state index in [9.17, 15) is 9.90 Å². The van der Waals surface area contributed by atoms with Gasteiger partial charge in [-0.3, -0.25) is 4.79 Å². The van der Waals surface area contributed by atoms with Crippen LogP contribution in [0.3, 0.4) is 0 Å². The van der Waals surface area contributed by atoms with Gasteiger partial charge < -0.3 is 16.2 Å². The maximum Gasteiger partial charge on any atom is 0.241 e. The van der Waals surface area contributed by atoms with E-state index in [-0.39, 0.29) is 5.91 Å². The number of aliphatic hydroxyl groups is 1. The fourth-order valence-electron chi connectivity index (χ4n) is 2.72. The van der Waals surface area contributed by atoms with Gasteiger partial charge >= 0.3 is 0 Å². The number of carbonyl (C=O) groups excluding carboxylic acids is 1. The summed E-state index contributed by atoms with van der Waals surface area (Å²) in [4.78, 5) is 11.8. The SMILES string of the molecule is CC(O)c1ccc(-c2ccc3c(c2)CCC(N)C(=O)N3)cc1. The number of nitrogens with one attached hydrogen (secondary N) is 1. The van der Waals surface area contributed by atoms with Crippen molar-refractivity contribution in [2.75, 3.05) is 5.32 Å². The van der Waals surface area contributed by atoms with Crippen LogP contribution in [0.1, 0.15) is 30.6 Å². The second kappa shape index (κ2) is 5.91. The Morgan fingerprint density at radius 1 is 1.18 bits per heavy atom. The molecule has 0 bridgehead atoms. The van der Waals surface area contributed by atoms with Gasteiger partial charge in [-0.15, -0.1) is 0 Å². The predicted molar refractivity (Wildman–Crippen MR) is 87.4 cm³/mol. The Bertz CT molecular complexity index is 693. The Hall–Kier alpha value is -2.17. The standard InChI is InChI=1S/C18H20N2O2/c1-11(21)12-2-4-13(5-3-12)14-7-9-17-15(10-14)6-8-16(19)18(22)20-17/h2-5,7,9-11,16,21H,6,8,19H2,1H3,(H,20,22). The molecular weight excluding hydrogens is 276 g/mol. The average Bonchev–Trinajstić information content (AvgIpc) is 2.66. The number of hydrogen-bond donors (Lipinski definition) is 3. The topological polar surface area (TPSA) is 75.3 Å². The van der Waals surface area contributed by atoms with Crippen molar-refractivity contribution in [1.29, 1.82) is 0 Å². The third-order valence-corrected chi connectivity index (χ3v) is 4.15. The third-order valence-electron chi connectivity index (χ3n) is 4.15. The lowest BCUT2D eigenvalue weighted by atomic mass is 9.98. The second-order valence-electron chi connectivity index (χ2n) is 5.80. The van der Waals surface area contributed by atoms with E-state index in [0.29, 0.717) is 6.42 Å². The fraction of sp³-hybridized carbons (Fsp3) is 0.278. The van der Waals surface area contributed by atoms with Crippen LogP contribution in [0, 0.1) is 0 Å². The van der Waals surface area contributed by atoms with Gasteiger partial charge in [0.2, 0.25) is 5.91 Å². The molecule has 2 atom stereocenters. The lowest BCUT2D eigenvalue weighted by molar-refractivity contribution is -0.117. The van der Waals surface area contributed by atoms with Gasteiger partial charge in [-0.05, 0) is 54.2 Å². The molecule has 0 aliphatic carbocycles. The van der Waals surface area contributed by atoms with Crippen molar-refractivity contribution in [1.82, 2.24) is 0 Å². The van der Waals surface area contributed by atoms with E-state index in [4.69, 9.17) is 5.73 Å². The zero-order chi connectivity index (χ0) is 15.7. The van der Waals surface area contributed by atoms with Crippen molar-refractivity contribution in [3.05, 3.63) is 53.6 Å². The highest BCUT2D eigenvalue weighted by atomic mass is 16.3. The number of carbonyl (C=O) groups is 1. The smallest absolute Gasteiger partial charge is 0.241 e. The lowest BCUT2D eigenvalue weighted by Gasteiger charge is -2.11. The van der Waals surface area contributed by atoms with Crippen LogP contribution in [0.2, 0.25) is 0 Å². The Labute approximate surface area is 130 Å². The molecule has 1 aliphatic heterocycles. The summed E-state index contributed by atoms with van der Waals surface area (Å²) in [5.41, 5.74) is 10.9. The van der Waals surface area contributed by atoms with Crippen LogP contribution in [0.25, 0.3) is 11.1 Å². The molecule has 1 heterocycles. The van der Waals surface area contributed by atoms with E-state index < -0.39 is 12.1 Å². The Morgan fingerprint density at radius 2 is 1.86 bits per heavy atom. The maximum absolute atomic E-state index is 11.8. The number of amides is 1. The molecule has 114 valence electrons. The third kappa shape index (κ3) is 2.89. The molecule has 2 aromatic carbocycles. The van der Waals surface area contributed by atoms with Crippen LogP contribution in [0.15, 0.2) is 42.5 Å². The maximum atomic E-state index is 11.8. The minimum atomic E-state index is -0.460. The van der Waals surface area contributed by atoms with Crippen LogP contribution < -0.4 is 11.1 Å². The van der Waals surface area contributed by atoms with E-state index in [1.54, 1.807) is 6.92 Å². The molecule has 2 unspecified atom stereocenters. The fourth-order valence-corrected chi connectivity index (χ4v) is 2.72. The van der Waals surface area contributed by atoms with Gasteiger partial charge in [0.1, 0.15) is 0 Å². The van der Waals surface area contributed by atoms with Gasteiger partial charge in [-0.25, -0.2) is 0 Å². The Balaban J connectivity index is 1.92. The van der Waals surface area contributed by atoms with Gasteiger partial charge in [-0.1, -0.05) is 30.3 Å². The highest BCUT2D eigenvalue weighted by Crippen LogP contribution is 2.29. The van der Waals surface area contributed by atoms with Gasteiger partial charge in [-0.2, -0.15) is 0 Å². The lowest BCUT2D eigenvalue weighted by Crippen LogP contribution is -2.34. The molecular formula is C18H20N2O2. The molecule has 1 aliphatic rings. The van der Waals surface area contributed by atoms with Gasteiger partial charge in [0, 0.05) is 5.69 Å². The monoisotopic (exact) mass is 296 g/mol. The number of hydrogen-bond acceptors (Lipinski definition) is 3. The van der Waals surface area contributed by atoms with Gasteiger partial charge in [0.25, 0.3) is 0 Å². The zero-order valence-corrected chi connectivity index (χ0v) is 12.5. The summed E-state index contributed by atoms with van der Waals surface area (Å²) in [6.07, 6.45) is 0.982. The summed E-state index contributed by atoms with van der Waals surface area (Å²) in [6, 6.07) is 13.5. The summed E-state index contributed by atoms with van der Waals surface area (Å²) in [5.74, 6) is -0.118. The first kappa shape index (κ1) is 14.8. The van der Waals surface area contributed by atoms with Crippen molar-refractivity contribution in [2.45, 2.75) is 31.9 Å². The number of aliphatic hydroxyl groups excluding tert-OH is 1. The van der Waals surface area contributed by atoms with Gasteiger partial charge in [0.05, 0.1) is 12.1 Å². The highest BCUT2D eigenvalue weighted by Gasteiger charge is 2.20. The van der Waals surface area contributed by atoms with Gasteiger partial charge in [0.15, 0.2) is 0 Å². The number of aryl methyl sites for hydroxylation is 1. The molecule has 3 rings (SSSR count). The van der Waals surface area contributed by atoms with E-state index >= 15 is 0 Å². The van der Waals surface area contributed by atoms with Crippen LogP contribution in [0.5, 0.6) is 0 Å². The largest absolute Gasteiger partial charge is 0.389 e. The summed E-state index contributed by atoms with van der Waals surface area (Å²) in [6.45, 7) is 1.75. The summed E-state index contributed by atoms with van der Waals surface area (Å²) in [5, 5.41) is 12.5. The molecule has 4 heteroatoms. The molecule has 2 aromatic rings. The average molecular weight is 296 g/mol. The first-order valence-corrected chi connectivity index (χ1v) is 7.52. The van der Waals surface area contributed by atoms with Crippen molar-refractivity contribution in [2.24, 2.45) is 5.73 Å². The molecule has 4 nitrogen and oxygen atoms in total. The summed E-state index contributed by atoms with van der Waals surface area (Å²) >= 11 is 0. The molecule has 0 saturated carbocycles. The van der Waals surface area contributed by atoms with E-state index in [0.717, 1.165) is 34.4 Å². The normalized spacial score (nSPS) is 19.0. The Morgan fingerprint density at radius 3 is 2.55 bits per heavy atom. The van der Waals surface area contributed by atoms with Crippen LogP contribution >= 0.6 is 0 Å². The quantitative estimate of drug-likeness (QED) is 0.797. The summed E-state index contributed by atoms with van der Waals surface area (Å²) < 4.78 is 0. The van der Waals surface area contributed by atoms with Crippen molar-refractivity contribution in [3.8, 4) is 11.1 Å². The number of benzene rings is 2. The highest BCUT2D eigenvalue weighted by molar-refractivity contribution is 5.96. The van der Waals surface area contributed by atoms with Crippen LogP contribution in [-0.4, -0.2) is 17.1 Å². The van der Waals surface area contributed by atoms with Crippen molar-refractivity contribution < 1.29 is 9.90 Å². The molecule has 0 radical (unpaired) electrons. The van der Waals surface area contributed by atoms with Crippen LogP contribution in [0.4, 0.5) is 5.69 Å². The second-order valence-corrected chi connectivity index (χ2v) is 5.80. The first-order chi connectivity index (χ1) is 10.5. The number of fused-ring (bicyclic) bond motifs is 1. The molecule has 0 spiro atoms. The molecule has 22 heavy (non-hydrogen) atoms. The molecule has 0 aromatic heterocycles. The first-order valence-electron chi connectivity index (χ1n) is 7.52. The predicted octanol–water partition coefficient (Wildman–Crippen LogP) is 2.62. The van der Waals surface area contributed by atoms with Crippen molar-refractivity contribution >= 4 is 11.6 Å². The number of anilines is 1. The molecule has 0 saturated heterocycles. The van der Waals surface area contributed by atoms with E-state index in [2.05, 4.69) is 11.4 Å². The molecule has 4 N–H and O–H groups in total. The number of rotatable bonds is 2. The van der Waals surface area contributed by atoms with Crippen LogP contribution in [-0.2, 0) is 11.2 Å². The van der Waals surface area contributed by atoms with E-state index in [1.807, 2.05) is 36.4 Å². The molecule has 0 fully saturated rings. The molecule has 1 amide bonds. The van der Waals surface area contributed by atoms with E-state index in [1.165, 1.54) is 0 Å². The Kier molecular flexibility index (Phi) is 3.96. The minimum absolute atomic E-state index is 0.118. The number of nitrogens with two attached hydrogens (primary N) is 1. The minimum Gasteiger partial charge on any atom is -0.389 e. The summed E-state index contributed by atoms with van der Waals surface area (Å²) in [7, 11) is 0.